The number of methoxy groups -OCH3 is 1. The summed E-state index contributed by atoms with van der Waals surface area (Å²) in [5.41, 5.74) is 0.989. The number of ether oxygens (including phenoxy) is 2. The minimum Gasteiger partial charge on any atom is -0.497 e. The molecular weight excluding hydrogens is 398 g/mol. The van der Waals surface area contributed by atoms with Crippen molar-refractivity contribution >= 4 is 16.7 Å². The summed E-state index contributed by atoms with van der Waals surface area (Å²) >= 11 is 0. The van der Waals surface area contributed by atoms with Gasteiger partial charge in [0.1, 0.15) is 12.4 Å². The van der Waals surface area contributed by atoms with Crippen molar-refractivity contribution in [3.05, 3.63) is 42.0 Å². The van der Waals surface area contributed by atoms with Gasteiger partial charge in [0.05, 0.1) is 13.0 Å². The second-order valence-corrected chi connectivity index (χ2v) is 8.82. The van der Waals surface area contributed by atoms with E-state index in [2.05, 4.69) is 24.8 Å². The maximum Gasteiger partial charge on any atom is 0.313 e. The molecule has 178 valence electrons. The van der Waals surface area contributed by atoms with E-state index in [0.29, 0.717) is 6.61 Å². The first-order chi connectivity index (χ1) is 15.6. The Bertz CT molecular complexity index is 792. The molecule has 1 unspecified atom stereocenters. The van der Waals surface area contributed by atoms with Gasteiger partial charge in [-0.2, -0.15) is 0 Å². The molecule has 0 spiro atoms. The fraction of sp³-hybridized carbons (Fsp3) is 0.607. The lowest BCUT2D eigenvalue weighted by atomic mass is 9.98. The first kappa shape index (κ1) is 26.2. The highest BCUT2D eigenvalue weighted by molar-refractivity contribution is 5.86. The summed E-state index contributed by atoms with van der Waals surface area (Å²) in [5, 5.41) is 2.21. The van der Waals surface area contributed by atoms with E-state index >= 15 is 0 Å². The van der Waals surface area contributed by atoms with Gasteiger partial charge in [-0.15, -0.1) is 0 Å². The summed E-state index contributed by atoms with van der Waals surface area (Å²) in [6.45, 7) is 9.93. The van der Waals surface area contributed by atoms with Crippen molar-refractivity contribution in [2.75, 3.05) is 33.4 Å². The summed E-state index contributed by atoms with van der Waals surface area (Å²) in [5.74, 6) is 0.422. The lowest BCUT2D eigenvalue weighted by Crippen LogP contribution is -2.31. The minimum atomic E-state index is -0.274. The zero-order valence-electron chi connectivity index (χ0n) is 20.7. The zero-order valence-corrected chi connectivity index (χ0v) is 20.7. The lowest BCUT2D eigenvalue weighted by Gasteiger charge is -2.22. The molecule has 1 atom stereocenters. The molecule has 0 bridgehead atoms. The molecule has 2 aromatic rings. The van der Waals surface area contributed by atoms with E-state index in [1.54, 1.807) is 7.11 Å². The molecule has 4 nitrogen and oxygen atoms in total. The fourth-order valence-electron chi connectivity index (χ4n) is 4.03. The van der Waals surface area contributed by atoms with Crippen LogP contribution in [0.15, 0.2) is 36.4 Å². The quantitative estimate of drug-likeness (QED) is 0.208. The van der Waals surface area contributed by atoms with Crippen LogP contribution < -0.4 is 4.74 Å². The summed E-state index contributed by atoms with van der Waals surface area (Å²) < 4.78 is 11.0. The van der Waals surface area contributed by atoms with Gasteiger partial charge in [-0.3, -0.25) is 9.69 Å². The molecule has 0 heterocycles. The lowest BCUT2D eigenvalue weighted by molar-refractivity contribution is -0.145. The number of rotatable bonds is 16. The van der Waals surface area contributed by atoms with Gasteiger partial charge in [-0.25, -0.2) is 0 Å². The Kier molecular flexibility index (Phi) is 12.2. The minimum absolute atomic E-state index is 0.144. The summed E-state index contributed by atoms with van der Waals surface area (Å²) in [6, 6.07) is 12.1. The highest BCUT2D eigenvalue weighted by Crippen LogP contribution is 2.25. The van der Waals surface area contributed by atoms with Crippen LogP contribution in [0.1, 0.15) is 83.6 Å². The summed E-state index contributed by atoms with van der Waals surface area (Å²) in [4.78, 5) is 15.2. The Morgan fingerprint density at radius 3 is 2.09 bits per heavy atom. The molecule has 0 aliphatic heterocycles. The van der Waals surface area contributed by atoms with Crippen LogP contribution in [0.25, 0.3) is 10.8 Å². The van der Waals surface area contributed by atoms with Gasteiger partial charge in [0.15, 0.2) is 0 Å². The van der Waals surface area contributed by atoms with Gasteiger partial charge in [-0.1, -0.05) is 76.6 Å². The molecular formula is C28H43NO3. The number of hydrogen-bond donors (Lipinski definition) is 0. The molecule has 0 radical (unpaired) electrons. The molecule has 0 saturated carbocycles. The standard InChI is InChI=1S/C28H43NO3/c1-5-7-9-11-17-29(18-12-10-8-6-2)19-20-32-28(30)23(3)24-13-14-26-22-27(31-4)16-15-25(26)21-24/h13-16,21-23H,5-12,17-20H2,1-4H3. The van der Waals surface area contributed by atoms with Gasteiger partial charge in [0.25, 0.3) is 0 Å². The van der Waals surface area contributed by atoms with Crippen molar-refractivity contribution in [2.24, 2.45) is 0 Å². The Hall–Kier alpha value is -2.07. The van der Waals surface area contributed by atoms with Crippen LogP contribution in [0, 0.1) is 0 Å². The van der Waals surface area contributed by atoms with Gasteiger partial charge in [0, 0.05) is 6.54 Å². The molecule has 0 aliphatic carbocycles. The maximum absolute atomic E-state index is 12.7. The number of carbonyl (C=O) groups is 1. The van der Waals surface area contributed by atoms with Crippen molar-refractivity contribution in [1.29, 1.82) is 0 Å². The van der Waals surface area contributed by atoms with E-state index in [0.717, 1.165) is 41.7 Å². The number of carbonyl (C=O) groups excluding carboxylic acids is 1. The normalized spacial score (nSPS) is 12.3. The fourth-order valence-corrected chi connectivity index (χ4v) is 4.03. The van der Waals surface area contributed by atoms with Crippen molar-refractivity contribution in [3.8, 4) is 5.75 Å². The van der Waals surface area contributed by atoms with Crippen LogP contribution in [0.3, 0.4) is 0 Å². The molecule has 0 aromatic heterocycles. The molecule has 0 amide bonds. The van der Waals surface area contributed by atoms with E-state index in [-0.39, 0.29) is 11.9 Å². The van der Waals surface area contributed by atoms with Crippen LogP contribution in [-0.2, 0) is 9.53 Å². The Balaban J connectivity index is 1.85. The van der Waals surface area contributed by atoms with Crippen LogP contribution >= 0.6 is 0 Å². The van der Waals surface area contributed by atoms with Crippen LogP contribution in [-0.4, -0.2) is 44.2 Å². The second kappa shape index (κ2) is 14.9. The largest absolute Gasteiger partial charge is 0.497 e. The van der Waals surface area contributed by atoms with Gasteiger partial charge < -0.3 is 9.47 Å². The highest BCUT2D eigenvalue weighted by atomic mass is 16.5. The molecule has 0 saturated heterocycles. The second-order valence-electron chi connectivity index (χ2n) is 8.82. The average molecular weight is 442 g/mol. The van der Waals surface area contributed by atoms with E-state index < -0.39 is 0 Å². The predicted molar refractivity (Wildman–Crippen MR) is 135 cm³/mol. The van der Waals surface area contributed by atoms with Crippen molar-refractivity contribution in [2.45, 2.75) is 78.1 Å². The topological polar surface area (TPSA) is 38.8 Å². The van der Waals surface area contributed by atoms with Crippen LogP contribution in [0.2, 0.25) is 0 Å². The van der Waals surface area contributed by atoms with E-state index in [1.807, 2.05) is 37.3 Å². The van der Waals surface area contributed by atoms with Crippen molar-refractivity contribution in [3.63, 3.8) is 0 Å². The predicted octanol–water partition coefficient (Wildman–Crippen LogP) is 6.96. The SMILES string of the molecule is CCCCCCN(CCCCCC)CCOC(=O)C(C)c1ccc2cc(OC)ccc2c1. The van der Waals surface area contributed by atoms with Gasteiger partial charge >= 0.3 is 5.97 Å². The third-order valence-corrected chi connectivity index (χ3v) is 6.23. The zero-order chi connectivity index (χ0) is 23.2. The van der Waals surface area contributed by atoms with E-state index in [4.69, 9.17) is 9.47 Å². The van der Waals surface area contributed by atoms with Crippen LogP contribution in [0.4, 0.5) is 0 Å². The van der Waals surface area contributed by atoms with E-state index in [1.165, 1.54) is 51.4 Å². The Morgan fingerprint density at radius 2 is 1.47 bits per heavy atom. The summed E-state index contributed by atoms with van der Waals surface area (Å²) in [6.07, 6.45) is 10.1. The Morgan fingerprint density at radius 1 is 0.844 bits per heavy atom. The molecule has 0 N–H and O–H groups in total. The molecule has 0 aliphatic rings. The molecule has 0 fully saturated rings. The smallest absolute Gasteiger partial charge is 0.313 e. The number of hydrogen-bond acceptors (Lipinski definition) is 4. The van der Waals surface area contributed by atoms with Crippen molar-refractivity contribution < 1.29 is 14.3 Å². The first-order valence-corrected chi connectivity index (χ1v) is 12.6. The number of esters is 1. The number of nitrogens with zero attached hydrogens (tertiary/aromatic N) is 1. The maximum atomic E-state index is 12.7. The summed E-state index contributed by atoms with van der Waals surface area (Å²) in [7, 11) is 1.67. The van der Waals surface area contributed by atoms with Crippen molar-refractivity contribution in [1.82, 2.24) is 4.90 Å². The molecule has 32 heavy (non-hydrogen) atoms. The number of fused-ring (bicyclic) bond motifs is 1. The molecule has 2 rings (SSSR count). The third kappa shape index (κ3) is 8.82. The third-order valence-electron chi connectivity index (χ3n) is 6.23. The molecule has 2 aromatic carbocycles. The first-order valence-electron chi connectivity index (χ1n) is 12.6. The van der Waals surface area contributed by atoms with Crippen LogP contribution in [0.5, 0.6) is 5.75 Å². The van der Waals surface area contributed by atoms with E-state index in [9.17, 15) is 4.79 Å². The average Bonchev–Trinajstić information content (AvgIpc) is 2.82. The number of unbranched alkanes of at least 4 members (excludes halogenated alkanes) is 6. The monoisotopic (exact) mass is 441 g/mol. The number of benzene rings is 2. The van der Waals surface area contributed by atoms with Gasteiger partial charge in [-0.05, 0) is 61.3 Å². The Labute approximate surface area is 195 Å². The van der Waals surface area contributed by atoms with Gasteiger partial charge in [0.2, 0.25) is 0 Å². The molecule has 4 heteroatoms. The highest BCUT2D eigenvalue weighted by Gasteiger charge is 2.18.